The maximum Gasteiger partial charge on any atom is 0.255 e. The monoisotopic (exact) mass is 235 g/mol. The molecule has 4 heteroatoms. The SMILES string of the molecule is Cc1occc1C(=O)NC(C)c1cccs1. The molecule has 1 N–H and O–H groups in total. The van der Waals surface area contributed by atoms with E-state index in [9.17, 15) is 4.79 Å². The number of rotatable bonds is 3. The first kappa shape index (κ1) is 11.0. The number of hydrogen-bond donors (Lipinski definition) is 1. The second-order valence-electron chi connectivity index (χ2n) is 3.60. The first-order chi connectivity index (χ1) is 7.68. The molecule has 3 nitrogen and oxygen atoms in total. The van der Waals surface area contributed by atoms with Crippen molar-refractivity contribution < 1.29 is 9.21 Å². The van der Waals surface area contributed by atoms with Crippen molar-refractivity contribution in [3.8, 4) is 0 Å². The lowest BCUT2D eigenvalue weighted by molar-refractivity contribution is 0.0939. The van der Waals surface area contributed by atoms with Crippen molar-refractivity contribution in [1.82, 2.24) is 5.32 Å². The van der Waals surface area contributed by atoms with Crippen LogP contribution in [-0.2, 0) is 0 Å². The summed E-state index contributed by atoms with van der Waals surface area (Å²) in [5.41, 5.74) is 0.600. The Kier molecular flexibility index (Phi) is 3.10. The van der Waals surface area contributed by atoms with Gasteiger partial charge in [-0.3, -0.25) is 4.79 Å². The number of nitrogens with one attached hydrogen (secondary N) is 1. The van der Waals surface area contributed by atoms with Gasteiger partial charge in [-0.05, 0) is 31.4 Å². The highest BCUT2D eigenvalue weighted by Crippen LogP contribution is 2.19. The van der Waals surface area contributed by atoms with E-state index in [0.717, 1.165) is 4.88 Å². The zero-order chi connectivity index (χ0) is 11.5. The summed E-state index contributed by atoms with van der Waals surface area (Å²) in [4.78, 5) is 13.0. The Bertz CT molecular complexity index is 473. The third-order valence-corrected chi connectivity index (χ3v) is 3.48. The second-order valence-corrected chi connectivity index (χ2v) is 4.58. The van der Waals surface area contributed by atoms with Crippen molar-refractivity contribution in [2.75, 3.05) is 0 Å². The summed E-state index contributed by atoms with van der Waals surface area (Å²) in [7, 11) is 0. The minimum absolute atomic E-state index is 0.0294. The van der Waals surface area contributed by atoms with Gasteiger partial charge in [0, 0.05) is 4.88 Å². The van der Waals surface area contributed by atoms with E-state index in [-0.39, 0.29) is 11.9 Å². The van der Waals surface area contributed by atoms with Crippen LogP contribution in [0.2, 0.25) is 0 Å². The minimum atomic E-state index is -0.0906. The topological polar surface area (TPSA) is 42.2 Å². The largest absolute Gasteiger partial charge is 0.469 e. The van der Waals surface area contributed by atoms with Gasteiger partial charge in [-0.25, -0.2) is 0 Å². The highest BCUT2D eigenvalue weighted by molar-refractivity contribution is 7.10. The van der Waals surface area contributed by atoms with E-state index in [1.807, 2.05) is 24.4 Å². The molecule has 0 bridgehead atoms. The van der Waals surface area contributed by atoms with Crippen LogP contribution in [0.3, 0.4) is 0 Å². The van der Waals surface area contributed by atoms with Gasteiger partial charge in [-0.2, -0.15) is 0 Å². The summed E-state index contributed by atoms with van der Waals surface area (Å²) in [6.07, 6.45) is 1.53. The molecule has 0 aliphatic carbocycles. The van der Waals surface area contributed by atoms with E-state index in [4.69, 9.17) is 4.42 Å². The average molecular weight is 235 g/mol. The molecule has 0 saturated heterocycles. The Hall–Kier alpha value is -1.55. The first-order valence-corrected chi connectivity index (χ1v) is 5.95. The summed E-state index contributed by atoms with van der Waals surface area (Å²) in [5.74, 6) is 0.558. The molecule has 0 aromatic carbocycles. The summed E-state index contributed by atoms with van der Waals surface area (Å²) in [6, 6.07) is 5.71. The van der Waals surface area contributed by atoms with Crippen LogP contribution in [0.4, 0.5) is 0 Å². The molecule has 2 aromatic heterocycles. The van der Waals surface area contributed by atoms with Gasteiger partial charge >= 0.3 is 0 Å². The fourth-order valence-electron chi connectivity index (χ4n) is 1.50. The Morgan fingerprint density at radius 3 is 2.88 bits per heavy atom. The molecule has 0 saturated carbocycles. The van der Waals surface area contributed by atoms with Crippen molar-refractivity contribution in [2.24, 2.45) is 0 Å². The van der Waals surface area contributed by atoms with E-state index >= 15 is 0 Å². The number of furan rings is 1. The van der Waals surface area contributed by atoms with Crippen LogP contribution < -0.4 is 5.32 Å². The van der Waals surface area contributed by atoms with Gasteiger partial charge in [0.2, 0.25) is 0 Å². The molecule has 1 atom stereocenters. The summed E-state index contributed by atoms with van der Waals surface area (Å²) in [5, 5.41) is 4.94. The average Bonchev–Trinajstić information content (AvgIpc) is 2.86. The van der Waals surface area contributed by atoms with Gasteiger partial charge in [0.05, 0.1) is 17.9 Å². The lowest BCUT2D eigenvalue weighted by Gasteiger charge is -2.11. The Morgan fingerprint density at radius 2 is 2.31 bits per heavy atom. The normalized spacial score (nSPS) is 12.4. The maximum absolute atomic E-state index is 11.9. The van der Waals surface area contributed by atoms with E-state index in [1.165, 1.54) is 6.26 Å². The predicted octanol–water partition coefficient (Wildman–Crippen LogP) is 3.14. The van der Waals surface area contributed by atoms with E-state index in [0.29, 0.717) is 11.3 Å². The molecule has 0 fully saturated rings. The number of thiophene rings is 1. The molecule has 1 amide bonds. The van der Waals surface area contributed by atoms with E-state index in [1.54, 1.807) is 24.3 Å². The van der Waals surface area contributed by atoms with Crippen molar-refractivity contribution >= 4 is 17.2 Å². The number of carbonyl (C=O) groups excluding carboxylic acids is 1. The molecule has 0 aliphatic heterocycles. The quantitative estimate of drug-likeness (QED) is 0.888. The van der Waals surface area contributed by atoms with Gasteiger partial charge in [0.15, 0.2) is 0 Å². The predicted molar refractivity (Wildman–Crippen MR) is 63.6 cm³/mol. The standard InChI is InChI=1S/C12H13NO2S/c1-8(11-4-3-7-16-11)13-12(14)10-5-6-15-9(10)2/h3-8H,1-2H3,(H,13,14). The highest BCUT2D eigenvalue weighted by Gasteiger charge is 2.15. The number of aryl methyl sites for hydroxylation is 1. The second kappa shape index (κ2) is 4.53. The van der Waals surface area contributed by atoms with Gasteiger partial charge in [0.1, 0.15) is 5.76 Å². The van der Waals surface area contributed by atoms with E-state index in [2.05, 4.69) is 5.32 Å². The number of amides is 1. The van der Waals surface area contributed by atoms with Crippen molar-refractivity contribution in [3.05, 3.63) is 46.0 Å². The third kappa shape index (κ3) is 2.17. The van der Waals surface area contributed by atoms with Crippen LogP contribution in [0.1, 0.15) is 34.0 Å². The summed E-state index contributed by atoms with van der Waals surface area (Å²) in [6.45, 7) is 3.75. The fourth-order valence-corrected chi connectivity index (χ4v) is 2.24. The molecule has 0 radical (unpaired) electrons. The molecule has 0 spiro atoms. The number of hydrogen-bond acceptors (Lipinski definition) is 3. The molecular weight excluding hydrogens is 222 g/mol. The van der Waals surface area contributed by atoms with Crippen LogP contribution in [0.25, 0.3) is 0 Å². The lowest BCUT2D eigenvalue weighted by atomic mass is 10.2. The summed E-state index contributed by atoms with van der Waals surface area (Å²) < 4.78 is 5.10. The zero-order valence-corrected chi connectivity index (χ0v) is 10.0. The molecule has 1 unspecified atom stereocenters. The molecule has 2 rings (SSSR count). The Morgan fingerprint density at radius 1 is 1.50 bits per heavy atom. The molecule has 84 valence electrons. The van der Waals surface area contributed by atoms with Crippen molar-refractivity contribution in [2.45, 2.75) is 19.9 Å². The Labute approximate surface area is 98.1 Å². The molecule has 0 aliphatic rings. The molecule has 2 aromatic rings. The molecule has 16 heavy (non-hydrogen) atoms. The smallest absolute Gasteiger partial charge is 0.255 e. The highest BCUT2D eigenvalue weighted by atomic mass is 32.1. The lowest BCUT2D eigenvalue weighted by Crippen LogP contribution is -2.26. The van der Waals surface area contributed by atoms with Crippen LogP contribution >= 0.6 is 11.3 Å². The van der Waals surface area contributed by atoms with Gasteiger partial charge in [-0.15, -0.1) is 11.3 Å². The summed E-state index contributed by atoms with van der Waals surface area (Å²) >= 11 is 1.64. The Balaban J connectivity index is 2.06. The molecular formula is C12H13NO2S. The minimum Gasteiger partial charge on any atom is -0.469 e. The van der Waals surface area contributed by atoms with Crippen molar-refractivity contribution in [1.29, 1.82) is 0 Å². The van der Waals surface area contributed by atoms with E-state index < -0.39 is 0 Å². The van der Waals surface area contributed by atoms with Crippen LogP contribution in [-0.4, -0.2) is 5.91 Å². The maximum atomic E-state index is 11.9. The van der Waals surface area contributed by atoms with Gasteiger partial charge in [-0.1, -0.05) is 6.07 Å². The van der Waals surface area contributed by atoms with Crippen LogP contribution in [0.5, 0.6) is 0 Å². The number of carbonyl (C=O) groups is 1. The van der Waals surface area contributed by atoms with Crippen LogP contribution in [0.15, 0.2) is 34.3 Å². The van der Waals surface area contributed by atoms with Crippen molar-refractivity contribution in [3.63, 3.8) is 0 Å². The van der Waals surface area contributed by atoms with Gasteiger partial charge < -0.3 is 9.73 Å². The third-order valence-electron chi connectivity index (χ3n) is 2.42. The van der Waals surface area contributed by atoms with Gasteiger partial charge in [0.25, 0.3) is 5.91 Å². The first-order valence-electron chi connectivity index (χ1n) is 5.07. The zero-order valence-electron chi connectivity index (χ0n) is 9.19. The van der Waals surface area contributed by atoms with Crippen LogP contribution in [0, 0.1) is 6.92 Å². The fraction of sp³-hybridized carbons (Fsp3) is 0.250. The molecule has 2 heterocycles.